The van der Waals surface area contributed by atoms with E-state index in [1.807, 2.05) is 36.1 Å². The Morgan fingerprint density at radius 1 is 1.24 bits per heavy atom. The summed E-state index contributed by atoms with van der Waals surface area (Å²) >= 11 is 0. The number of nitrogens with zero attached hydrogens (tertiary/aromatic N) is 3. The summed E-state index contributed by atoms with van der Waals surface area (Å²) in [7, 11) is 0. The average Bonchev–Trinajstić information content (AvgIpc) is 2.79. The SMILES string of the molecule is CCn1nccc1CNCc1cccnc1C. The molecule has 0 saturated carbocycles. The number of hydrogen-bond acceptors (Lipinski definition) is 3. The molecule has 0 aliphatic heterocycles. The molecule has 2 rings (SSSR count). The molecule has 0 bridgehead atoms. The zero-order chi connectivity index (χ0) is 12.1. The Labute approximate surface area is 102 Å². The van der Waals surface area contributed by atoms with Crippen LogP contribution in [0.5, 0.6) is 0 Å². The van der Waals surface area contributed by atoms with Crippen molar-refractivity contribution < 1.29 is 0 Å². The molecule has 0 fully saturated rings. The Morgan fingerprint density at radius 3 is 2.88 bits per heavy atom. The zero-order valence-electron chi connectivity index (χ0n) is 10.3. The van der Waals surface area contributed by atoms with Crippen molar-refractivity contribution in [3.05, 3.63) is 47.5 Å². The molecule has 2 heterocycles. The Balaban J connectivity index is 1.90. The highest BCUT2D eigenvalue weighted by Crippen LogP contribution is 2.04. The van der Waals surface area contributed by atoms with E-state index in [0.717, 1.165) is 25.3 Å². The fraction of sp³-hybridized carbons (Fsp3) is 0.385. The van der Waals surface area contributed by atoms with Crippen molar-refractivity contribution in [2.75, 3.05) is 0 Å². The second-order valence-corrected chi connectivity index (χ2v) is 3.99. The van der Waals surface area contributed by atoms with Gasteiger partial charge in [-0.05, 0) is 31.5 Å². The summed E-state index contributed by atoms with van der Waals surface area (Å²) in [6.07, 6.45) is 3.67. The lowest BCUT2D eigenvalue weighted by molar-refractivity contribution is 0.580. The van der Waals surface area contributed by atoms with Gasteiger partial charge in [0.15, 0.2) is 0 Å². The lowest BCUT2D eigenvalue weighted by Crippen LogP contribution is -2.16. The van der Waals surface area contributed by atoms with Crippen LogP contribution in [0.25, 0.3) is 0 Å². The van der Waals surface area contributed by atoms with Gasteiger partial charge in [0.2, 0.25) is 0 Å². The molecular formula is C13H18N4. The summed E-state index contributed by atoms with van der Waals surface area (Å²) in [4.78, 5) is 4.27. The van der Waals surface area contributed by atoms with E-state index in [1.165, 1.54) is 11.3 Å². The van der Waals surface area contributed by atoms with Gasteiger partial charge in [-0.25, -0.2) is 0 Å². The maximum Gasteiger partial charge on any atom is 0.0522 e. The van der Waals surface area contributed by atoms with Gasteiger partial charge in [0.25, 0.3) is 0 Å². The smallest absolute Gasteiger partial charge is 0.0522 e. The predicted molar refractivity (Wildman–Crippen MR) is 67.4 cm³/mol. The van der Waals surface area contributed by atoms with Gasteiger partial charge in [0.1, 0.15) is 0 Å². The summed E-state index contributed by atoms with van der Waals surface area (Å²) in [6, 6.07) is 6.12. The van der Waals surface area contributed by atoms with Gasteiger partial charge in [-0.3, -0.25) is 9.67 Å². The Hall–Kier alpha value is -1.68. The summed E-state index contributed by atoms with van der Waals surface area (Å²) in [5, 5.41) is 7.66. The molecule has 2 aromatic heterocycles. The van der Waals surface area contributed by atoms with Crippen LogP contribution >= 0.6 is 0 Å². The number of rotatable bonds is 5. The van der Waals surface area contributed by atoms with Crippen LogP contribution < -0.4 is 5.32 Å². The molecule has 0 aliphatic rings. The first-order valence-electron chi connectivity index (χ1n) is 5.93. The predicted octanol–water partition coefficient (Wildman–Crippen LogP) is 1.90. The standard InChI is InChI=1S/C13H18N4/c1-3-17-13(6-8-16-17)10-14-9-12-5-4-7-15-11(12)2/h4-8,14H,3,9-10H2,1-2H3. The molecule has 0 aliphatic carbocycles. The van der Waals surface area contributed by atoms with Gasteiger partial charge < -0.3 is 5.32 Å². The van der Waals surface area contributed by atoms with E-state index in [-0.39, 0.29) is 0 Å². The molecule has 0 amide bonds. The van der Waals surface area contributed by atoms with Crippen molar-refractivity contribution in [2.24, 2.45) is 0 Å². The average molecular weight is 230 g/mol. The molecular weight excluding hydrogens is 212 g/mol. The number of pyridine rings is 1. The zero-order valence-corrected chi connectivity index (χ0v) is 10.3. The topological polar surface area (TPSA) is 42.7 Å². The fourth-order valence-corrected chi connectivity index (χ4v) is 1.82. The number of nitrogens with one attached hydrogen (secondary N) is 1. The minimum atomic E-state index is 0.835. The van der Waals surface area contributed by atoms with Crippen LogP contribution in [0.15, 0.2) is 30.6 Å². The molecule has 2 aromatic rings. The Bertz CT molecular complexity index is 476. The van der Waals surface area contributed by atoms with Gasteiger partial charge >= 0.3 is 0 Å². The van der Waals surface area contributed by atoms with Crippen LogP contribution in [0.1, 0.15) is 23.9 Å². The third-order valence-corrected chi connectivity index (χ3v) is 2.84. The maximum atomic E-state index is 4.27. The van der Waals surface area contributed by atoms with Crippen molar-refractivity contribution in [3.8, 4) is 0 Å². The van der Waals surface area contributed by atoms with E-state index in [0.29, 0.717) is 0 Å². The molecule has 0 spiro atoms. The summed E-state index contributed by atoms with van der Waals surface area (Å²) in [5.41, 5.74) is 3.55. The van der Waals surface area contributed by atoms with Crippen LogP contribution in [0, 0.1) is 6.92 Å². The first-order chi connectivity index (χ1) is 8.31. The number of aryl methyl sites for hydroxylation is 2. The molecule has 0 saturated heterocycles. The minimum absolute atomic E-state index is 0.835. The Kier molecular flexibility index (Phi) is 3.88. The molecule has 0 radical (unpaired) electrons. The second-order valence-electron chi connectivity index (χ2n) is 3.99. The van der Waals surface area contributed by atoms with Crippen molar-refractivity contribution in [3.63, 3.8) is 0 Å². The maximum absolute atomic E-state index is 4.27. The van der Waals surface area contributed by atoms with Gasteiger partial charge in [-0.2, -0.15) is 5.10 Å². The second kappa shape index (κ2) is 5.59. The molecule has 4 nitrogen and oxygen atoms in total. The summed E-state index contributed by atoms with van der Waals surface area (Å²) in [6.45, 7) is 6.72. The van der Waals surface area contributed by atoms with E-state index < -0.39 is 0 Å². The van der Waals surface area contributed by atoms with E-state index in [4.69, 9.17) is 0 Å². The molecule has 17 heavy (non-hydrogen) atoms. The Morgan fingerprint density at radius 2 is 2.12 bits per heavy atom. The first kappa shape index (κ1) is 11.8. The first-order valence-corrected chi connectivity index (χ1v) is 5.93. The summed E-state index contributed by atoms with van der Waals surface area (Å²) in [5.74, 6) is 0. The summed E-state index contributed by atoms with van der Waals surface area (Å²) < 4.78 is 2.00. The van der Waals surface area contributed by atoms with Crippen molar-refractivity contribution in [1.82, 2.24) is 20.1 Å². The molecule has 0 aromatic carbocycles. The van der Waals surface area contributed by atoms with E-state index in [1.54, 1.807) is 0 Å². The van der Waals surface area contributed by atoms with Crippen LogP contribution in [-0.4, -0.2) is 14.8 Å². The van der Waals surface area contributed by atoms with Gasteiger partial charge in [-0.15, -0.1) is 0 Å². The van der Waals surface area contributed by atoms with Crippen molar-refractivity contribution in [1.29, 1.82) is 0 Å². The third-order valence-electron chi connectivity index (χ3n) is 2.84. The lowest BCUT2D eigenvalue weighted by atomic mass is 10.2. The van der Waals surface area contributed by atoms with Crippen LogP contribution in [-0.2, 0) is 19.6 Å². The van der Waals surface area contributed by atoms with E-state index >= 15 is 0 Å². The largest absolute Gasteiger partial charge is 0.307 e. The molecule has 1 N–H and O–H groups in total. The van der Waals surface area contributed by atoms with Crippen LogP contribution in [0.3, 0.4) is 0 Å². The minimum Gasteiger partial charge on any atom is -0.307 e. The van der Waals surface area contributed by atoms with Gasteiger partial charge in [-0.1, -0.05) is 6.07 Å². The number of hydrogen-bond donors (Lipinski definition) is 1. The highest BCUT2D eigenvalue weighted by molar-refractivity contribution is 5.18. The van der Waals surface area contributed by atoms with Crippen molar-refractivity contribution >= 4 is 0 Å². The van der Waals surface area contributed by atoms with Crippen LogP contribution in [0.2, 0.25) is 0 Å². The third kappa shape index (κ3) is 2.91. The quantitative estimate of drug-likeness (QED) is 0.853. The molecule has 0 unspecified atom stereocenters. The number of aromatic nitrogens is 3. The van der Waals surface area contributed by atoms with Gasteiger partial charge in [0, 0.05) is 37.7 Å². The van der Waals surface area contributed by atoms with E-state index in [9.17, 15) is 0 Å². The lowest BCUT2D eigenvalue weighted by Gasteiger charge is -2.08. The van der Waals surface area contributed by atoms with E-state index in [2.05, 4.69) is 28.4 Å². The molecule has 90 valence electrons. The molecule has 0 atom stereocenters. The van der Waals surface area contributed by atoms with Crippen molar-refractivity contribution in [2.45, 2.75) is 33.5 Å². The van der Waals surface area contributed by atoms with Crippen LogP contribution in [0.4, 0.5) is 0 Å². The molecule has 4 heteroatoms. The highest BCUT2D eigenvalue weighted by Gasteiger charge is 2.01. The monoisotopic (exact) mass is 230 g/mol. The normalized spacial score (nSPS) is 10.7. The highest BCUT2D eigenvalue weighted by atomic mass is 15.3. The fourth-order valence-electron chi connectivity index (χ4n) is 1.82. The van der Waals surface area contributed by atoms with Gasteiger partial charge in [0.05, 0.1) is 5.69 Å².